The van der Waals surface area contributed by atoms with E-state index < -0.39 is 17.5 Å². The van der Waals surface area contributed by atoms with E-state index in [1.54, 1.807) is 6.92 Å². The van der Waals surface area contributed by atoms with Crippen LogP contribution in [0.3, 0.4) is 0 Å². The number of esters is 1. The summed E-state index contributed by atoms with van der Waals surface area (Å²) >= 11 is 3.40. The number of halogens is 1. The molecule has 0 spiro atoms. The molecule has 23 heavy (non-hydrogen) atoms. The SMILES string of the molecule is COC1=CC(=O)c2c(cc(OC)c(C(C)Br)c2OC(C)=O)C1=O. The van der Waals surface area contributed by atoms with Crippen molar-refractivity contribution >= 4 is 33.5 Å². The first-order valence-electron chi connectivity index (χ1n) is 6.73. The van der Waals surface area contributed by atoms with Gasteiger partial charge >= 0.3 is 5.97 Å². The number of hydrogen-bond donors (Lipinski definition) is 0. The highest BCUT2D eigenvalue weighted by molar-refractivity contribution is 9.09. The fourth-order valence-corrected chi connectivity index (χ4v) is 2.84. The third-order valence-corrected chi connectivity index (χ3v) is 3.80. The average Bonchev–Trinajstić information content (AvgIpc) is 2.48. The number of hydrogen-bond acceptors (Lipinski definition) is 6. The number of fused-ring (bicyclic) bond motifs is 1. The lowest BCUT2D eigenvalue weighted by Gasteiger charge is -2.22. The Labute approximate surface area is 141 Å². The van der Waals surface area contributed by atoms with Crippen molar-refractivity contribution < 1.29 is 28.6 Å². The minimum Gasteiger partial charge on any atom is -0.496 e. The van der Waals surface area contributed by atoms with Gasteiger partial charge in [0.2, 0.25) is 5.78 Å². The highest BCUT2D eigenvalue weighted by atomic mass is 79.9. The number of allylic oxidation sites excluding steroid dienone is 2. The lowest BCUT2D eigenvalue weighted by atomic mass is 9.89. The van der Waals surface area contributed by atoms with Crippen LogP contribution >= 0.6 is 15.9 Å². The molecule has 0 amide bonds. The van der Waals surface area contributed by atoms with Crippen molar-refractivity contribution in [2.75, 3.05) is 14.2 Å². The molecule has 0 aromatic heterocycles. The quantitative estimate of drug-likeness (QED) is 0.452. The van der Waals surface area contributed by atoms with Gasteiger partial charge in [0.05, 0.1) is 25.3 Å². The van der Waals surface area contributed by atoms with Crippen LogP contribution in [0.5, 0.6) is 11.5 Å². The third kappa shape index (κ3) is 3.01. The molecule has 1 atom stereocenters. The molecule has 0 N–H and O–H groups in total. The molecule has 0 aliphatic heterocycles. The van der Waals surface area contributed by atoms with Gasteiger partial charge < -0.3 is 14.2 Å². The predicted molar refractivity (Wildman–Crippen MR) is 85.4 cm³/mol. The van der Waals surface area contributed by atoms with Gasteiger partial charge in [0.25, 0.3) is 0 Å². The minimum absolute atomic E-state index is 0.0287. The smallest absolute Gasteiger partial charge is 0.308 e. The molecule has 0 saturated carbocycles. The first-order chi connectivity index (χ1) is 10.8. The number of ketones is 2. The molecule has 2 rings (SSSR count). The Bertz CT molecular complexity index is 733. The van der Waals surface area contributed by atoms with Gasteiger partial charge in [0.1, 0.15) is 5.75 Å². The molecule has 1 aromatic rings. The first-order valence-corrected chi connectivity index (χ1v) is 7.65. The lowest BCUT2D eigenvalue weighted by Crippen LogP contribution is -2.21. The van der Waals surface area contributed by atoms with E-state index in [1.165, 1.54) is 27.2 Å². The molecule has 0 radical (unpaired) electrons. The highest BCUT2D eigenvalue weighted by Gasteiger charge is 2.34. The number of methoxy groups -OCH3 is 2. The number of carbonyl (C=O) groups excluding carboxylic acids is 3. The number of Topliss-reactive ketones (excluding diaryl/α,β-unsaturated/α-hetero) is 1. The van der Waals surface area contributed by atoms with Gasteiger partial charge in [-0.3, -0.25) is 14.4 Å². The van der Waals surface area contributed by atoms with Crippen molar-refractivity contribution in [2.24, 2.45) is 0 Å². The van der Waals surface area contributed by atoms with Crippen molar-refractivity contribution in [3.05, 3.63) is 34.6 Å². The second-order valence-electron chi connectivity index (χ2n) is 4.86. The summed E-state index contributed by atoms with van der Waals surface area (Å²) in [5.74, 6) is -1.24. The van der Waals surface area contributed by atoms with Gasteiger partial charge in [-0.05, 0) is 13.0 Å². The molecule has 122 valence electrons. The summed E-state index contributed by atoms with van der Waals surface area (Å²) in [7, 11) is 2.74. The topological polar surface area (TPSA) is 78.9 Å². The maximum atomic E-state index is 12.4. The second kappa shape index (κ2) is 6.54. The monoisotopic (exact) mass is 382 g/mol. The van der Waals surface area contributed by atoms with E-state index in [0.717, 1.165) is 6.08 Å². The van der Waals surface area contributed by atoms with E-state index in [9.17, 15) is 14.4 Å². The van der Waals surface area contributed by atoms with Crippen molar-refractivity contribution in [3.63, 3.8) is 0 Å². The van der Waals surface area contributed by atoms with Crippen LogP contribution in [0.4, 0.5) is 0 Å². The Kier molecular flexibility index (Phi) is 4.89. The van der Waals surface area contributed by atoms with Crippen LogP contribution in [-0.2, 0) is 9.53 Å². The zero-order valence-corrected chi connectivity index (χ0v) is 14.6. The van der Waals surface area contributed by atoms with Gasteiger partial charge in [0.15, 0.2) is 17.3 Å². The largest absolute Gasteiger partial charge is 0.496 e. The summed E-state index contributed by atoms with van der Waals surface area (Å²) in [6.07, 6.45) is 1.09. The fraction of sp³-hybridized carbons (Fsp3) is 0.312. The van der Waals surface area contributed by atoms with Gasteiger partial charge in [-0.2, -0.15) is 0 Å². The van der Waals surface area contributed by atoms with E-state index in [1.807, 2.05) is 0 Å². The second-order valence-corrected chi connectivity index (χ2v) is 6.23. The molecule has 0 saturated heterocycles. The molecule has 6 nitrogen and oxygen atoms in total. The molecular weight excluding hydrogens is 368 g/mol. The highest BCUT2D eigenvalue weighted by Crippen LogP contribution is 2.44. The molecule has 0 fully saturated rings. The van der Waals surface area contributed by atoms with Crippen molar-refractivity contribution in [2.45, 2.75) is 18.7 Å². The number of benzene rings is 1. The Hall–Kier alpha value is -2.15. The first kappa shape index (κ1) is 17.2. The Morgan fingerprint density at radius 2 is 1.87 bits per heavy atom. The molecule has 7 heteroatoms. The Balaban J connectivity index is 2.85. The standard InChI is InChI=1S/C16H15BrO6/c1-7(17)13-11(21-3)5-9-14(16(13)23-8(2)18)10(19)6-12(22-4)15(9)20/h5-7H,1-4H3. The van der Waals surface area contributed by atoms with Crippen LogP contribution in [0.15, 0.2) is 17.9 Å². The molecule has 1 unspecified atom stereocenters. The molecule has 1 aliphatic rings. The maximum Gasteiger partial charge on any atom is 0.308 e. The minimum atomic E-state index is -0.600. The van der Waals surface area contributed by atoms with Crippen LogP contribution < -0.4 is 9.47 Å². The molecule has 0 heterocycles. The normalized spacial score (nSPS) is 14.7. The summed E-state index contributed by atoms with van der Waals surface area (Å²) in [6.45, 7) is 3.02. The van der Waals surface area contributed by atoms with Gasteiger partial charge in [-0.25, -0.2) is 0 Å². The number of rotatable bonds is 4. The number of carbonyl (C=O) groups is 3. The van der Waals surface area contributed by atoms with Gasteiger partial charge in [-0.15, -0.1) is 0 Å². The van der Waals surface area contributed by atoms with E-state index >= 15 is 0 Å². The maximum absolute atomic E-state index is 12.4. The fourth-order valence-electron chi connectivity index (χ4n) is 2.41. The predicted octanol–water partition coefficient (Wildman–Crippen LogP) is 2.99. The third-order valence-electron chi connectivity index (χ3n) is 3.34. The van der Waals surface area contributed by atoms with E-state index in [2.05, 4.69) is 15.9 Å². The van der Waals surface area contributed by atoms with Gasteiger partial charge in [-0.1, -0.05) is 15.9 Å². The van der Waals surface area contributed by atoms with Crippen LogP contribution in [-0.4, -0.2) is 31.8 Å². The van der Waals surface area contributed by atoms with E-state index in [-0.39, 0.29) is 27.5 Å². The molecular formula is C16H15BrO6. The Morgan fingerprint density at radius 1 is 1.22 bits per heavy atom. The number of alkyl halides is 1. The summed E-state index contributed by atoms with van der Waals surface area (Å²) in [5.41, 5.74) is 0.601. The zero-order chi connectivity index (χ0) is 17.3. The lowest BCUT2D eigenvalue weighted by molar-refractivity contribution is -0.131. The molecule has 1 aromatic carbocycles. The van der Waals surface area contributed by atoms with E-state index in [4.69, 9.17) is 14.2 Å². The zero-order valence-electron chi connectivity index (χ0n) is 13.1. The summed E-state index contributed by atoms with van der Waals surface area (Å²) < 4.78 is 15.5. The van der Waals surface area contributed by atoms with Crippen LogP contribution in [0, 0.1) is 0 Å². The molecule has 1 aliphatic carbocycles. The molecule has 0 bridgehead atoms. The van der Waals surface area contributed by atoms with Crippen LogP contribution in [0.2, 0.25) is 0 Å². The number of ether oxygens (including phenoxy) is 3. The van der Waals surface area contributed by atoms with Crippen molar-refractivity contribution in [3.8, 4) is 11.5 Å². The Morgan fingerprint density at radius 3 is 2.35 bits per heavy atom. The summed E-state index contributed by atoms with van der Waals surface area (Å²) in [4.78, 5) is 36.0. The van der Waals surface area contributed by atoms with Crippen LogP contribution in [0.25, 0.3) is 0 Å². The van der Waals surface area contributed by atoms with Crippen molar-refractivity contribution in [1.82, 2.24) is 0 Å². The van der Waals surface area contributed by atoms with Crippen molar-refractivity contribution in [1.29, 1.82) is 0 Å². The van der Waals surface area contributed by atoms with E-state index in [0.29, 0.717) is 11.3 Å². The average molecular weight is 383 g/mol. The van der Waals surface area contributed by atoms with Gasteiger partial charge in [0, 0.05) is 23.4 Å². The summed E-state index contributed by atoms with van der Waals surface area (Å²) in [6, 6.07) is 1.46. The van der Waals surface area contributed by atoms with Crippen LogP contribution in [0.1, 0.15) is 45.0 Å². The summed E-state index contributed by atoms with van der Waals surface area (Å²) in [5, 5.41) is 0.